The largest absolute Gasteiger partial charge is 0.442 e. The van der Waals surface area contributed by atoms with E-state index in [4.69, 9.17) is 4.42 Å². The van der Waals surface area contributed by atoms with Crippen LogP contribution in [-0.2, 0) is 0 Å². The number of carbonyl (C=O) groups excluding carboxylic acids is 1. The number of benzene rings is 1. The second-order valence-electron chi connectivity index (χ2n) is 8.24. The summed E-state index contributed by atoms with van der Waals surface area (Å²) >= 11 is 0. The summed E-state index contributed by atoms with van der Waals surface area (Å²) in [6, 6.07) is 10.3. The summed E-state index contributed by atoms with van der Waals surface area (Å²) in [5.74, 6) is 1.28. The fourth-order valence-corrected chi connectivity index (χ4v) is 3.96. The van der Waals surface area contributed by atoms with Gasteiger partial charge in [0.15, 0.2) is 0 Å². The van der Waals surface area contributed by atoms with Crippen LogP contribution in [0, 0.1) is 6.92 Å². The number of aryl methyl sites for hydroxylation is 1. The van der Waals surface area contributed by atoms with Gasteiger partial charge in [-0.3, -0.25) is 4.79 Å². The average molecular weight is 391 g/mol. The Morgan fingerprint density at radius 1 is 1.10 bits per heavy atom. The van der Waals surface area contributed by atoms with Crippen LogP contribution in [0.2, 0.25) is 0 Å². The van der Waals surface area contributed by atoms with Crippen LogP contribution >= 0.6 is 0 Å². The molecule has 2 aromatic heterocycles. The first-order valence-electron chi connectivity index (χ1n) is 10.2. The molecule has 0 unspecified atom stereocenters. The zero-order valence-electron chi connectivity index (χ0n) is 16.8. The molecule has 3 aromatic rings. The predicted molar refractivity (Wildman–Crippen MR) is 112 cm³/mol. The van der Waals surface area contributed by atoms with Crippen LogP contribution in [0.4, 0.5) is 11.5 Å². The monoisotopic (exact) mass is 391 g/mol. The van der Waals surface area contributed by atoms with Gasteiger partial charge in [-0.1, -0.05) is 18.2 Å². The number of nitrogens with zero attached hydrogens (tertiary/aromatic N) is 4. The van der Waals surface area contributed by atoms with E-state index in [1.807, 2.05) is 30.0 Å². The maximum Gasteiger partial charge on any atom is 0.258 e. The fourth-order valence-electron chi connectivity index (χ4n) is 3.96. The molecule has 1 saturated carbocycles. The molecule has 0 spiro atoms. The Hall–Kier alpha value is -3.09. The van der Waals surface area contributed by atoms with Crippen molar-refractivity contribution < 1.29 is 9.21 Å². The summed E-state index contributed by atoms with van der Waals surface area (Å²) in [5, 5.41) is 4.19. The molecule has 29 heavy (non-hydrogen) atoms. The summed E-state index contributed by atoms with van der Waals surface area (Å²) in [6.45, 7) is 6.96. The highest BCUT2D eigenvalue weighted by Gasteiger charge is 2.39. The molecule has 0 atom stereocenters. The normalized spacial score (nSPS) is 18.1. The summed E-state index contributed by atoms with van der Waals surface area (Å²) in [7, 11) is 0. The van der Waals surface area contributed by atoms with E-state index in [0.717, 1.165) is 25.9 Å². The summed E-state index contributed by atoms with van der Waals surface area (Å²) in [4.78, 5) is 26.3. The number of anilines is 2. The maximum absolute atomic E-state index is 13.4. The Labute approximate surface area is 169 Å². The van der Waals surface area contributed by atoms with Crippen LogP contribution in [0.3, 0.4) is 0 Å². The van der Waals surface area contributed by atoms with Gasteiger partial charge in [-0.25, -0.2) is 9.97 Å². The van der Waals surface area contributed by atoms with Crippen molar-refractivity contribution >= 4 is 28.5 Å². The zero-order valence-corrected chi connectivity index (χ0v) is 16.8. The van der Waals surface area contributed by atoms with Crippen molar-refractivity contribution in [2.45, 2.75) is 32.2 Å². The van der Waals surface area contributed by atoms with Gasteiger partial charge >= 0.3 is 0 Å². The third kappa shape index (κ3) is 3.30. The van der Waals surface area contributed by atoms with Gasteiger partial charge in [0.2, 0.25) is 5.71 Å². The molecule has 150 valence electrons. The smallest absolute Gasteiger partial charge is 0.258 e. The van der Waals surface area contributed by atoms with Crippen LogP contribution in [0.1, 0.15) is 35.9 Å². The van der Waals surface area contributed by atoms with Crippen molar-refractivity contribution in [2.75, 3.05) is 36.4 Å². The fraction of sp³-hybridized carbons (Fsp3) is 0.409. The summed E-state index contributed by atoms with van der Waals surface area (Å²) in [6.07, 6.45) is 3.69. The molecule has 7 nitrogen and oxygen atoms in total. The van der Waals surface area contributed by atoms with Crippen LogP contribution in [0.15, 0.2) is 41.1 Å². The maximum atomic E-state index is 13.4. The summed E-state index contributed by atoms with van der Waals surface area (Å²) < 4.78 is 5.83. The highest BCUT2D eigenvalue weighted by Crippen LogP contribution is 2.40. The number of fused-ring (bicyclic) bond motifs is 1. The first kappa shape index (κ1) is 18.0. The van der Waals surface area contributed by atoms with Crippen molar-refractivity contribution in [1.82, 2.24) is 14.9 Å². The van der Waals surface area contributed by atoms with Gasteiger partial charge in [0, 0.05) is 37.4 Å². The van der Waals surface area contributed by atoms with Crippen molar-refractivity contribution in [3.05, 3.63) is 48.0 Å². The first-order valence-corrected chi connectivity index (χ1v) is 10.2. The van der Waals surface area contributed by atoms with Gasteiger partial charge in [0.05, 0.1) is 10.9 Å². The number of furan rings is 1. The number of carbonyl (C=O) groups is 1. The molecular weight excluding hydrogens is 366 g/mol. The minimum Gasteiger partial charge on any atom is -0.442 e. The number of hydrogen-bond acceptors (Lipinski definition) is 6. The summed E-state index contributed by atoms with van der Waals surface area (Å²) in [5.41, 5.74) is 2.30. The van der Waals surface area contributed by atoms with Crippen molar-refractivity contribution in [1.29, 1.82) is 0 Å². The lowest BCUT2D eigenvalue weighted by Gasteiger charge is -2.36. The number of para-hydroxylation sites is 1. The molecule has 1 aromatic carbocycles. The molecular formula is C22H25N5O2. The van der Waals surface area contributed by atoms with Crippen molar-refractivity contribution in [3.8, 4) is 0 Å². The number of hydrogen-bond donors (Lipinski definition) is 1. The zero-order chi connectivity index (χ0) is 20.0. The Morgan fingerprint density at radius 2 is 1.83 bits per heavy atom. The SMILES string of the molecule is Cc1oc2ncnc(NC3(C)CC3)c2c1C(=O)N1CCN(c2ccccc2)CC1. The van der Waals surface area contributed by atoms with Gasteiger partial charge in [0.25, 0.3) is 5.91 Å². The van der Waals surface area contributed by atoms with Gasteiger partial charge in [-0.15, -0.1) is 0 Å². The minimum absolute atomic E-state index is 0.00670. The second kappa shape index (κ2) is 6.76. The average Bonchev–Trinajstić information content (AvgIpc) is 3.36. The molecule has 5 rings (SSSR count). The third-order valence-electron chi connectivity index (χ3n) is 5.99. The van der Waals surface area contributed by atoms with Gasteiger partial charge < -0.3 is 19.5 Å². The Morgan fingerprint density at radius 3 is 2.52 bits per heavy atom. The van der Waals surface area contributed by atoms with Crippen molar-refractivity contribution in [2.24, 2.45) is 0 Å². The van der Waals surface area contributed by atoms with Gasteiger partial charge in [0.1, 0.15) is 17.9 Å². The molecule has 1 aliphatic heterocycles. The van der Waals surface area contributed by atoms with E-state index in [1.54, 1.807) is 0 Å². The Bertz CT molecular complexity index is 1050. The van der Waals surface area contributed by atoms with E-state index >= 15 is 0 Å². The van der Waals surface area contributed by atoms with E-state index in [1.165, 1.54) is 12.0 Å². The second-order valence-corrected chi connectivity index (χ2v) is 8.24. The lowest BCUT2D eigenvalue weighted by molar-refractivity contribution is 0.0746. The van der Waals surface area contributed by atoms with Crippen molar-refractivity contribution in [3.63, 3.8) is 0 Å². The number of amides is 1. The van der Waals surface area contributed by atoms with E-state index in [9.17, 15) is 4.79 Å². The van der Waals surface area contributed by atoms with Crippen LogP contribution < -0.4 is 10.2 Å². The third-order valence-corrected chi connectivity index (χ3v) is 5.99. The highest BCUT2D eigenvalue weighted by molar-refractivity contribution is 6.10. The number of aromatic nitrogens is 2. The molecule has 1 amide bonds. The van der Waals surface area contributed by atoms with E-state index in [2.05, 4.69) is 39.2 Å². The Balaban J connectivity index is 1.41. The van der Waals surface area contributed by atoms with Gasteiger partial charge in [-0.05, 0) is 38.8 Å². The van der Waals surface area contributed by atoms with Crippen LogP contribution in [0.5, 0.6) is 0 Å². The molecule has 2 fully saturated rings. The van der Waals surface area contributed by atoms with Crippen LogP contribution in [-0.4, -0.2) is 52.5 Å². The highest BCUT2D eigenvalue weighted by atomic mass is 16.3. The molecule has 7 heteroatoms. The molecule has 1 N–H and O–H groups in total. The topological polar surface area (TPSA) is 74.5 Å². The van der Waals surface area contributed by atoms with E-state index in [-0.39, 0.29) is 11.4 Å². The number of piperazine rings is 1. The Kier molecular flexibility index (Phi) is 4.19. The molecule has 3 heterocycles. The number of nitrogens with one attached hydrogen (secondary N) is 1. The minimum atomic E-state index is -0.00670. The molecule has 1 saturated heterocycles. The number of rotatable bonds is 4. The quantitative estimate of drug-likeness (QED) is 0.734. The molecule has 0 radical (unpaired) electrons. The van der Waals surface area contributed by atoms with Crippen LogP contribution in [0.25, 0.3) is 11.1 Å². The molecule has 0 bridgehead atoms. The first-order chi connectivity index (χ1) is 14.0. The van der Waals surface area contributed by atoms with E-state index in [0.29, 0.717) is 41.3 Å². The lowest BCUT2D eigenvalue weighted by Crippen LogP contribution is -2.48. The predicted octanol–water partition coefficient (Wildman–Crippen LogP) is 3.46. The lowest BCUT2D eigenvalue weighted by atomic mass is 10.1. The van der Waals surface area contributed by atoms with E-state index < -0.39 is 0 Å². The molecule has 1 aliphatic carbocycles. The molecule has 2 aliphatic rings. The van der Waals surface area contributed by atoms with Gasteiger partial charge in [-0.2, -0.15) is 0 Å². The standard InChI is InChI=1S/C22H25N5O2/c1-15-17(18-19(25-22(2)8-9-22)23-14-24-20(18)29-15)21(28)27-12-10-26(11-13-27)16-6-4-3-5-7-16/h3-7,14H,8-13H2,1-2H3,(H,23,24,25).